The van der Waals surface area contributed by atoms with Crippen LogP contribution in [0.15, 0.2) is 28.7 Å². The van der Waals surface area contributed by atoms with Crippen LogP contribution in [0.2, 0.25) is 0 Å². The number of hydrogen-bond acceptors (Lipinski definition) is 2. The van der Waals surface area contributed by atoms with Crippen molar-refractivity contribution in [1.29, 1.82) is 0 Å². The van der Waals surface area contributed by atoms with Crippen molar-refractivity contribution in [2.75, 3.05) is 7.05 Å². The van der Waals surface area contributed by atoms with Gasteiger partial charge in [0.2, 0.25) is 0 Å². The van der Waals surface area contributed by atoms with E-state index in [9.17, 15) is 0 Å². The van der Waals surface area contributed by atoms with Crippen molar-refractivity contribution in [2.45, 2.75) is 53.5 Å². The van der Waals surface area contributed by atoms with E-state index in [4.69, 9.17) is 4.42 Å². The average molecular weight is 287 g/mol. The summed E-state index contributed by atoms with van der Waals surface area (Å²) in [5.41, 5.74) is 2.68. The smallest absolute Gasteiger partial charge is 0.134 e. The van der Waals surface area contributed by atoms with Gasteiger partial charge in [-0.15, -0.1) is 0 Å². The third-order valence-corrected chi connectivity index (χ3v) is 4.80. The van der Waals surface area contributed by atoms with E-state index < -0.39 is 0 Å². The van der Waals surface area contributed by atoms with E-state index in [0.717, 1.165) is 24.2 Å². The summed E-state index contributed by atoms with van der Waals surface area (Å²) in [6, 6.07) is 8.73. The Kier molecular flexibility index (Phi) is 4.77. The van der Waals surface area contributed by atoms with Crippen molar-refractivity contribution < 1.29 is 4.42 Å². The molecule has 0 bridgehead atoms. The molecule has 0 saturated carbocycles. The summed E-state index contributed by atoms with van der Waals surface area (Å²) in [4.78, 5) is 0. The Bertz CT molecular complexity index is 591. The molecule has 0 radical (unpaired) electrons. The fourth-order valence-corrected chi connectivity index (χ4v) is 2.85. The third-order valence-electron chi connectivity index (χ3n) is 4.80. The Morgan fingerprint density at radius 2 is 1.86 bits per heavy atom. The van der Waals surface area contributed by atoms with Gasteiger partial charge in [-0.05, 0) is 30.9 Å². The van der Waals surface area contributed by atoms with Gasteiger partial charge in [0.15, 0.2) is 0 Å². The lowest BCUT2D eigenvalue weighted by atomic mass is 9.77. The SMILES string of the molecule is CCc1oc2ccccc2c1C(CC(C)C(C)(C)C)NC. The van der Waals surface area contributed by atoms with E-state index in [1.165, 1.54) is 10.9 Å². The predicted octanol–water partition coefficient (Wildman–Crippen LogP) is 5.33. The Labute approximate surface area is 128 Å². The normalized spacial score (nSPS) is 15.3. The number of aryl methyl sites for hydroxylation is 1. The molecule has 0 spiro atoms. The molecule has 0 aliphatic carbocycles. The van der Waals surface area contributed by atoms with Crippen LogP contribution in [0.3, 0.4) is 0 Å². The lowest BCUT2D eigenvalue weighted by Crippen LogP contribution is -2.25. The van der Waals surface area contributed by atoms with Crippen LogP contribution in [0, 0.1) is 11.3 Å². The summed E-state index contributed by atoms with van der Waals surface area (Å²) >= 11 is 0. The molecule has 0 aliphatic heterocycles. The molecular formula is C19H29NO. The van der Waals surface area contributed by atoms with Crippen molar-refractivity contribution in [2.24, 2.45) is 11.3 Å². The maximum absolute atomic E-state index is 6.06. The van der Waals surface area contributed by atoms with Gasteiger partial charge >= 0.3 is 0 Å². The molecule has 116 valence electrons. The summed E-state index contributed by atoms with van der Waals surface area (Å²) in [5, 5.41) is 4.77. The first-order valence-corrected chi connectivity index (χ1v) is 8.06. The van der Waals surface area contributed by atoms with Gasteiger partial charge in [0.1, 0.15) is 11.3 Å². The van der Waals surface area contributed by atoms with Crippen LogP contribution in [0.4, 0.5) is 0 Å². The number of fused-ring (bicyclic) bond motifs is 1. The van der Waals surface area contributed by atoms with Crippen LogP contribution < -0.4 is 5.32 Å². The summed E-state index contributed by atoms with van der Waals surface area (Å²) in [6.45, 7) is 11.5. The number of rotatable bonds is 5. The average Bonchev–Trinajstić information content (AvgIpc) is 2.81. The lowest BCUT2D eigenvalue weighted by Gasteiger charge is -2.31. The molecule has 1 N–H and O–H groups in total. The Balaban J connectivity index is 2.42. The van der Waals surface area contributed by atoms with Gasteiger partial charge in [-0.1, -0.05) is 52.8 Å². The van der Waals surface area contributed by atoms with E-state index in [2.05, 4.69) is 65.2 Å². The van der Waals surface area contributed by atoms with Crippen molar-refractivity contribution in [3.8, 4) is 0 Å². The zero-order chi connectivity index (χ0) is 15.6. The highest BCUT2D eigenvalue weighted by Crippen LogP contribution is 2.38. The van der Waals surface area contributed by atoms with Gasteiger partial charge in [0.05, 0.1) is 0 Å². The first kappa shape index (κ1) is 16.1. The minimum atomic E-state index is 0.320. The van der Waals surface area contributed by atoms with Gasteiger partial charge in [0, 0.05) is 23.4 Å². The molecule has 2 atom stereocenters. The Morgan fingerprint density at radius 1 is 1.19 bits per heavy atom. The fraction of sp³-hybridized carbons (Fsp3) is 0.579. The molecule has 2 aromatic rings. The van der Waals surface area contributed by atoms with E-state index in [-0.39, 0.29) is 0 Å². The molecule has 1 heterocycles. The summed E-state index contributed by atoms with van der Waals surface area (Å²) in [7, 11) is 2.06. The fourth-order valence-electron chi connectivity index (χ4n) is 2.85. The van der Waals surface area contributed by atoms with Crippen molar-refractivity contribution >= 4 is 11.0 Å². The molecule has 0 amide bonds. The first-order chi connectivity index (χ1) is 9.88. The van der Waals surface area contributed by atoms with Crippen LogP contribution in [0.25, 0.3) is 11.0 Å². The molecule has 2 unspecified atom stereocenters. The molecule has 2 heteroatoms. The van der Waals surface area contributed by atoms with Crippen molar-refractivity contribution in [3.05, 3.63) is 35.6 Å². The zero-order valence-corrected chi connectivity index (χ0v) is 14.3. The highest BCUT2D eigenvalue weighted by Gasteiger charge is 2.27. The Morgan fingerprint density at radius 3 is 2.43 bits per heavy atom. The number of benzene rings is 1. The second-order valence-corrected chi connectivity index (χ2v) is 7.13. The summed E-state index contributed by atoms with van der Waals surface area (Å²) in [5.74, 6) is 1.75. The first-order valence-electron chi connectivity index (χ1n) is 8.06. The monoisotopic (exact) mass is 287 g/mol. The molecule has 2 nitrogen and oxygen atoms in total. The van der Waals surface area contributed by atoms with E-state index in [1.807, 2.05) is 6.07 Å². The number of furan rings is 1. The van der Waals surface area contributed by atoms with Gasteiger partial charge in [-0.2, -0.15) is 0 Å². The van der Waals surface area contributed by atoms with E-state index in [0.29, 0.717) is 17.4 Å². The van der Waals surface area contributed by atoms with Crippen LogP contribution in [0.1, 0.15) is 58.4 Å². The highest BCUT2D eigenvalue weighted by molar-refractivity contribution is 5.82. The van der Waals surface area contributed by atoms with Gasteiger partial charge in [-0.25, -0.2) is 0 Å². The molecule has 1 aromatic heterocycles. The quantitative estimate of drug-likeness (QED) is 0.804. The van der Waals surface area contributed by atoms with Gasteiger partial charge in [0.25, 0.3) is 0 Å². The second kappa shape index (κ2) is 6.23. The summed E-state index contributed by atoms with van der Waals surface area (Å²) < 4.78 is 6.06. The van der Waals surface area contributed by atoms with Crippen LogP contribution >= 0.6 is 0 Å². The number of para-hydroxylation sites is 1. The minimum Gasteiger partial charge on any atom is -0.461 e. The lowest BCUT2D eigenvalue weighted by molar-refractivity contribution is 0.225. The maximum Gasteiger partial charge on any atom is 0.134 e. The molecule has 21 heavy (non-hydrogen) atoms. The standard InChI is InChI=1S/C19H29NO/c1-7-16-18(14-10-8-9-11-17(14)21-16)15(20-6)12-13(2)19(3,4)5/h8-11,13,15,20H,7,12H2,1-6H3. The molecular weight excluding hydrogens is 258 g/mol. The zero-order valence-electron chi connectivity index (χ0n) is 14.3. The highest BCUT2D eigenvalue weighted by atomic mass is 16.3. The maximum atomic E-state index is 6.06. The number of nitrogens with one attached hydrogen (secondary N) is 1. The summed E-state index contributed by atoms with van der Waals surface area (Å²) in [6.07, 6.45) is 2.06. The van der Waals surface area contributed by atoms with E-state index >= 15 is 0 Å². The minimum absolute atomic E-state index is 0.320. The van der Waals surface area contributed by atoms with Crippen LogP contribution in [0.5, 0.6) is 0 Å². The largest absolute Gasteiger partial charge is 0.461 e. The van der Waals surface area contributed by atoms with Gasteiger partial charge in [-0.3, -0.25) is 0 Å². The molecule has 2 rings (SSSR count). The molecule has 0 fully saturated rings. The second-order valence-electron chi connectivity index (χ2n) is 7.13. The van der Waals surface area contributed by atoms with Gasteiger partial charge < -0.3 is 9.73 Å². The number of hydrogen-bond donors (Lipinski definition) is 1. The van der Waals surface area contributed by atoms with Crippen molar-refractivity contribution in [3.63, 3.8) is 0 Å². The molecule has 1 aromatic carbocycles. The Hall–Kier alpha value is -1.28. The molecule has 0 aliphatic rings. The third kappa shape index (κ3) is 3.32. The molecule has 0 saturated heterocycles. The van der Waals surface area contributed by atoms with E-state index in [1.54, 1.807) is 0 Å². The van der Waals surface area contributed by atoms with Crippen LogP contribution in [-0.2, 0) is 6.42 Å². The topological polar surface area (TPSA) is 25.2 Å². The predicted molar refractivity (Wildman–Crippen MR) is 90.6 cm³/mol. The van der Waals surface area contributed by atoms with Crippen LogP contribution in [-0.4, -0.2) is 7.05 Å². The van der Waals surface area contributed by atoms with Crippen molar-refractivity contribution in [1.82, 2.24) is 5.32 Å².